The summed E-state index contributed by atoms with van der Waals surface area (Å²) in [7, 11) is 0. The van der Waals surface area contributed by atoms with Crippen LogP contribution in [0.4, 0.5) is 5.69 Å². The number of rotatable bonds is 2. The van der Waals surface area contributed by atoms with Gasteiger partial charge in [-0.15, -0.1) is 0 Å². The number of fused-ring (bicyclic) bond motifs is 1. The van der Waals surface area contributed by atoms with Crippen LogP contribution < -0.4 is 19.7 Å². The van der Waals surface area contributed by atoms with Crippen LogP contribution in [0.25, 0.3) is 0 Å². The number of carbonyl (C=O) groups is 2. The first-order valence-electron chi connectivity index (χ1n) is 7.85. The number of amides is 2. The molecule has 0 radical (unpaired) electrons. The molecule has 1 fully saturated rings. The molecule has 2 heterocycles. The Morgan fingerprint density at radius 3 is 2.61 bits per heavy atom. The van der Waals surface area contributed by atoms with Crippen LogP contribution in [0.15, 0.2) is 18.2 Å². The summed E-state index contributed by atoms with van der Waals surface area (Å²) in [6.45, 7) is 7.10. The molecule has 6 nitrogen and oxygen atoms in total. The number of anilines is 1. The van der Waals surface area contributed by atoms with E-state index in [2.05, 4.69) is 5.32 Å². The molecule has 0 unspecified atom stereocenters. The minimum atomic E-state index is -0.465. The number of hydrogen-bond acceptors (Lipinski definition) is 4. The highest BCUT2D eigenvalue weighted by Gasteiger charge is 2.34. The molecule has 124 valence electrons. The fraction of sp³-hybridized carbons (Fsp3) is 0.529. The molecule has 0 aliphatic carbocycles. The van der Waals surface area contributed by atoms with Crippen LogP contribution in [0.1, 0.15) is 27.2 Å². The van der Waals surface area contributed by atoms with Gasteiger partial charge in [-0.1, -0.05) is 20.8 Å². The lowest BCUT2D eigenvalue weighted by Gasteiger charge is -2.23. The zero-order valence-corrected chi connectivity index (χ0v) is 13.7. The van der Waals surface area contributed by atoms with Gasteiger partial charge in [0.15, 0.2) is 11.5 Å². The third-order valence-electron chi connectivity index (χ3n) is 3.98. The summed E-state index contributed by atoms with van der Waals surface area (Å²) in [5, 5.41) is 2.95. The van der Waals surface area contributed by atoms with E-state index in [0.717, 1.165) is 5.69 Å². The molecular formula is C17H22N2O4. The predicted octanol–water partition coefficient (Wildman–Crippen LogP) is 1.73. The number of nitrogens with zero attached hydrogens (tertiary/aromatic N) is 1. The van der Waals surface area contributed by atoms with Gasteiger partial charge in [-0.05, 0) is 12.1 Å². The summed E-state index contributed by atoms with van der Waals surface area (Å²) in [6.07, 6.45) is 0.316. The molecule has 2 aliphatic rings. The van der Waals surface area contributed by atoms with Crippen LogP contribution in [0, 0.1) is 5.41 Å². The van der Waals surface area contributed by atoms with Crippen molar-refractivity contribution in [2.45, 2.75) is 33.2 Å². The van der Waals surface area contributed by atoms with E-state index < -0.39 is 5.41 Å². The van der Waals surface area contributed by atoms with Crippen LogP contribution in [-0.2, 0) is 9.59 Å². The lowest BCUT2D eigenvalue weighted by Crippen LogP contribution is -2.43. The van der Waals surface area contributed by atoms with Crippen molar-refractivity contribution in [3.63, 3.8) is 0 Å². The monoisotopic (exact) mass is 318 g/mol. The Morgan fingerprint density at radius 2 is 1.91 bits per heavy atom. The molecule has 1 aromatic carbocycles. The van der Waals surface area contributed by atoms with Gasteiger partial charge < -0.3 is 19.7 Å². The molecule has 2 amide bonds. The van der Waals surface area contributed by atoms with E-state index in [0.29, 0.717) is 37.7 Å². The minimum Gasteiger partial charge on any atom is -0.486 e. The normalized spacial score (nSPS) is 20.6. The summed E-state index contributed by atoms with van der Waals surface area (Å²) in [5.41, 5.74) is 0.305. The maximum atomic E-state index is 12.3. The molecule has 0 spiro atoms. The first kappa shape index (κ1) is 15.6. The molecular weight excluding hydrogens is 296 g/mol. The fourth-order valence-corrected chi connectivity index (χ4v) is 2.66. The molecule has 1 aromatic rings. The van der Waals surface area contributed by atoms with Gasteiger partial charge in [-0.3, -0.25) is 9.59 Å². The van der Waals surface area contributed by atoms with Gasteiger partial charge in [0.1, 0.15) is 13.2 Å². The van der Waals surface area contributed by atoms with Crippen molar-refractivity contribution in [2.75, 3.05) is 24.7 Å². The average Bonchev–Trinajstić information content (AvgIpc) is 2.86. The Hall–Kier alpha value is -2.24. The largest absolute Gasteiger partial charge is 0.486 e. The van der Waals surface area contributed by atoms with Crippen molar-refractivity contribution < 1.29 is 19.1 Å². The van der Waals surface area contributed by atoms with Crippen molar-refractivity contribution in [1.82, 2.24) is 5.32 Å². The molecule has 23 heavy (non-hydrogen) atoms. The standard InChI is InChI=1S/C17H22N2O4/c1-17(2,3)16(21)18-11-8-15(20)19(10-11)12-4-5-13-14(9-12)23-7-6-22-13/h4-5,9,11H,6-8,10H2,1-3H3,(H,18,21)/t11-/m0/s1. The SMILES string of the molecule is CC(C)(C)C(=O)N[C@H]1CC(=O)N(c2ccc3c(c2)OCCO3)C1. The maximum absolute atomic E-state index is 12.3. The van der Waals surface area contributed by atoms with Gasteiger partial charge in [0, 0.05) is 30.1 Å². The second-order valence-electron chi connectivity index (χ2n) is 6.96. The van der Waals surface area contributed by atoms with Gasteiger partial charge in [0.25, 0.3) is 0 Å². The van der Waals surface area contributed by atoms with Crippen molar-refractivity contribution in [1.29, 1.82) is 0 Å². The van der Waals surface area contributed by atoms with Crippen molar-refractivity contribution in [3.05, 3.63) is 18.2 Å². The second-order valence-corrected chi connectivity index (χ2v) is 6.96. The summed E-state index contributed by atoms with van der Waals surface area (Å²) in [4.78, 5) is 26.1. The molecule has 0 aromatic heterocycles. The average molecular weight is 318 g/mol. The molecule has 1 atom stereocenters. The lowest BCUT2D eigenvalue weighted by atomic mass is 9.95. The Morgan fingerprint density at radius 1 is 1.22 bits per heavy atom. The van der Waals surface area contributed by atoms with Crippen molar-refractivity contribution in [2.24, 2.45) is 5.41 Å². The van der Waals surface area contributed by atoms with Gasteiger partial charge in [-0.25, -0.2) is 0 Å². The highest BCUT2D eigenvalue weighted by molar-refractivity contribution is 5.97. The first-order chi connectivity index (χ1) is 10.8. The molecule has 6 heteroatoms. The minimum absolute atomic E-state index is 0.000821. The fourth-order valence-electron chi connectivity index (χ4n) is 2.66. The van der Waals surface area contributed by atoms with E-state index in [1.807, 2.05) is 39.0 Å². The molecule has 0 saturated carbocycles. The number of carbonyl (C=O) groups excluding carboxylic acids is 2. The van der Waals surface area contributed by atoms with Crippen molar-refractivity contribution >= 4 is 17.5 Å². The summed E-state index contributed by atoms with van der Waals surface area (Å²) >= 11 is 0. The predicted molar refractivity (Wildman–Crippen MR) is 85.8 cm³/mol. The molecule has 2 aliphatic heterocycles. The Kier molecular flexibility index (Phi) is 3.92. The topological polar surface area (TPSA) is 67.9 Å². The second kappa shape index (κ2) is 5.76. The third kappa shape index (κ3) is 3.25. The highest BCUT2D eigenvalue weighted by atomic mass is 16.6. The van der Waals surface area contributed by atoms with Gasteiger partial charge in [0.2, 0.25) is 11.8 Å². The number of ether oxygens (including phenoxy) is 2. The van der Waals surface area contributed by atoms with E-state index in [4.69, 9.17) is 9.47 Å². The van der Waals surface area contributed by atoms with Crippen LogP contribution in [0.5, 0.6) is 11.5 Å². The Bertz CT molecular complexity index is 636. The number of benzene rings is 1. The number of nitrogens with one attached hydrogen (secondary N) is 1. The Labute approximate surface area is 135 Å². The van der Waals surface area contributed by atoms with E-state index in [-0.39, 0.29) is 17.9 Å². The van der Waals surface area contributed by atoms with E-state index >= 15 is 0 Å². The zero-order chi connectivity index (χ0) is 16.6. The zero-order valence-electron chi connectivity index (χ0n) is 13.7. The van der Waals surface area contributed by atoms with E-state index in [1.54, 1.807) is 4.90 Å². The van der Waals surface area contributed by atoms with Gasteiger partial charge in [-0.2, -0.15) is 0 Å². The highest BCUT2D eigenvalue weighted by Crippen LogP contribution is 2.35. The van der Waals surface area contributed by atoms with Crippen LogP contribution >= 0.6 is 0 Å². The van der Waals surface area contributed by atoms with E-state index in [9.17, 15) is 9.59 Å². The Balaban J connectivity index is 1.72. The smallest absolute Gasteiger partial charge is 0.229 e. The van der Waals surface area contributed by atoms with Crippen molar-refractivity contribution in [3.8, 4) is 11.5 Å². The molecule has 1 saturated heterocycles. The van der Waals surface area contributed by atoms with E-state index in [1.165, 1.54) is 0 Å². The molecule has 3 rings (SSSR count). The van der Waals surface area contributed by atoms with Gasteiger partial charge >= 0.3 is 0 Å². The van der Waals surface area contributed by atoms with Crippen LogP contribution in [-0.4, -0.2) is 37.6 Å². The summed E-state index contributed by atoms with van der Waals surface area (Å²) in [6, 6.07) is 5.32. The lowest BCUT2D eigenvalue weighted by molar-refractivity contribution is -0.129. The maximum Gasteiger partial charge on any atom is 0.229 e. The molecule has 0 bridgehead atoms. The quantitative estimate of drug-likeness (QED) is 0.901. The summed E-state index contributed by atoms with van der Waals surface area (Å²) < 4.78 is 11.1. The first-order valence-corrected chi connectivity index (χ1v) is 7.85. The van der Waals surface area contributed by atoms with Gasteiger partial charge in [0.05, 0.1) is 6.04 Å². The third-order valence-corrected chi connectivity index (χ3v) is 3.98. The van der Waals surface area contributed by atoms with Crippen LogP contribution in [0.3, 0.4) is 0 Å². The van der Waals surface area contributed by atoms with Crippen LogP contribution in [0.2, 0.25) is 0 Å². The molecule has 1 N–H and O–H groups in total. The summed E-state index contributed by atoms with van der Waals surface area (Å²) in [5.74, 6) is 1.31. The number of hydrogen-bond donors (Lipinski definition) is 1.